The van der Waals surface area contributed by atoms with E-state index in [0.29, 0.717) is 6.42 Å². The Balaban J connectivity index is 2.91. The number of rotatable bonds is 8. The zero-order chi connectivity index (χ0) is 15.9. The summed E-state index contributed by atoms with van der Waals surface area (Å²) in [5, 5.41) is 3.15. The van der Waals surface area contributed by atoms with Gasteiger partial charge in [0.05, 0.1) is 0 Å². The molecule has 2 nitrogen and oxygen atoms in total. The molecule has 0 aliphatic rings. The summed E-state index contributed by atoms with van der Waals surface area (Å²) in [4.78, 5) is 12.3. The topological polar surface area (TPSA) is 29.1 Å². The Morgan fingerprint density at radius 2 is 1.76 bits per heavy atom. The lowest BCUT2D eigenvalue weighted by Gasteiger charge is -2.22. The van der Waals surface area contributed by atoms with Gasteiger partial charge in [0.25, 0.3) is 0 Å². The molecule has 0 saturated carbocycles. The number of nitrogens with one attached hydrogen (secondary N) is 1. The Kier molecular flexibility index (Phi) is 6.94. The smallest absolute Gasteiger partial charge is 0.224 e. The molecule has 2 heteroatoms. The first kappa shape index (κ1) is 17.7. The highest BCUT2D eigenvalue weighted by molar-refractivity contribution is 5.92. The quantitative estimate of drug-likeness (QED) is 0.686. The number of anilines is 1. The number of aryl methyl sites for hydroxylation is 1. The lowest BCUT2D eigenvalue weighted by atomic mass is 9.86. The maximum absolute atomic E-state index is 12.3. The summed E-state index contributed by atoms with van der Waals surface area (Å²) in [5.74, 6) is 0.132. The zero-order valence-electron chi connectivity index (χ0n) is 14.4. The van der Waals surface area contributed by atoms with E-state index < -0.39 is 0 Å². The summed E-state index contributed by atoms with van der Waals surface area (Å²) < 4.78 is 0. The second-order valence-corrected chi connectivity index (χ2v) is 6.69. The number of carbonyl (C=O) groups is 1. The van der Waals surface area contributed by atoms with Crippen LogP contribution in [0.5, 0.6) is 0 Å². The van der Waals surface area contributed by atoms with E-state index in [1.54, 1.807) is 0 Å². The molecule has 1 amide bonds. The van der Waals surface area contributed by atoms with E-state index in [4.69, 9.17) is 0 Å². The van der Waals surface area contributed by atoms with Crippen LogP contribution in [0.1, 0.15) is 71.4 Å². The molecular formula is C19H31NO. The van der Waals surface area contributed by atoms with Gasteiger partial charge in [-0.1, -0.05) is 66.0 Å². The first-order chi connectivity index (χ1) is 9.93. The first-order valence-corrected chi connectivity index (χ1v) is 8.34. The fourth-order valence-corrected chi connectivity index (χ4v) is 2.55. The monoisotopic (exact) mass is 289 g/mol. The van der Waals surface area contributed by atoms with Crippen molar-refractivity contribution < 1.29 is 4.79 Å². The average Bonchev–Trinajstić information content (AvgIpc) is 2.42. The highest BCUT2D eigenvalue weighted by Crippen LogP contribution is 2.27. The minimum absolute atomic E-state index is 0.0655. The predicted octanol–water partition coefficient (Wildman–Crippen LogP) is 5.36. The standard InChI is InChI=1S/C19H31NO/c1-6-10-15-12-9-13-17(16(15)11-7-2)20-18(21)14-19(4,5)8-3/h9,12-13H,6-8,10-11,14H2,1-5H3,(H,20,21). The third-order valence-electron chi connectivity index (χ3n) is 4.16. The van der Waals surface area contributed by atoms with Crippen molar-refractivity contribution >= 4 is 11.6 Å². The number of benzene rings is 1. The van der Waals surface area contributed by atoms with E-state index >= 15 is 0 Å². The maximum Gasteiger partial charge on any atom is 0.224 e. The van der Waals surface area contributed by atoms with Gasteiger partial charge in [-0.25, -0.2) is 0 Å². The van der Waals surface area contributed by atoms with Gasteiger partial charge in [0, 0.05) is 12.1 Å². The minimum atomic E-state index is 0.0655. The van der Waals surface area contributed by atoms with Gasteiger partial charge in [-0.3, -0.25) is 4.79 Å². The van der Waals surface area contributed by atoms with Crippen LogP contribution in [0.4, 0.5) is 5.69 Å². The van der Waals surface area contributed by atoms with Crippen molar-refractivity contribution in [3.63, 3.8) is 0 Å². The number of hydrogen-bond acceptors (Lipinski definition) is 1. The molecule has 1 rings (SSSR count). The van der Waals surface area contributed by atoms with Crippen molar-refractivity contribution in [2.75, 3.05) is 5.32 Å². The van der Waals surface area contributed by atoms with E-state index in [2.05, 4.69) is 52.1 Å². The lowest BCUT2D eigenvalue weighted by Crippen LogP contribution is -2.22. The summed E-state index contributed by atoms with van der Waals surface area (Å²) in [7, 11) is 0. The Morgan fingerprint density at radius 1 is 1.10 bits per heavy atom. The molecule has 0 fully saturated rings. The molecule has 1 aromatic carbocycles. The van der Waals surface area contributed by atoms with E-state index in [-0.39, 0.29) is 11.3 Å². The molecule has 0 radical (unpaired) electrons. The lowest BCUT2D eigenvalue weighted by molar-refractivity contribution is -0.118. The van der Waals surface area contributed by atoms with Crippen LogP contribution < -0.4 is 5.32 Å². The van der Waals surface area contributed by atoms with Crippen LogP contribution in [-0.2, 0) is 17.6 Å². The molecule has 21 heavy (non-hydrogen) atoms. The minimum Gasteiger partial charge on any atom is -0.326 e. The molecule has 0 unspecified atom stereocenters. The number of amides is 1. The molecule has 0 aliphatic carbocycles. The van der Waals surface area contributed by atoms with Crippen LogP contribution in [0.25, 0.3) is 0 Å². The molecule has 0 saturated heterocycles. The average molecular weight is 289 g/mol. The van der Waals surface area contributed by atoms with Gasteiger partial charge in [-0.15, -0.1) is 0 Å². The predicted molar refractivity (Wildman–Crippen MR) is 91.8 cm³/mol. The van der Waals surface area contributed by atoms with Gasteiger partial charge < -0.3 is 5.32 Å². The highest BCUT2D eigenvalue weighted by Gasteiger charge is 2.20. The SMILES string of the molecule is CCCc1cccc(NC(=O)CC(C)(C)CC)c1CCC. The second kappa shape index (κ2) is 8.21. The molecule has 1 aromatic rings. The van der Waals surface area contributed by atoms with Crippen LogP contribution in [0, 0.1) is 5.41 Å². The van der Waals surface area contributed by atoms with Crippen molar-refractivity contribution in [2.24, 2.45) is 5.41 Å². The van der Waals surface area contributed by atoms with E-state index in [9.17, 15) is 4.79 Å². The Labute approximate surface area is 130 Å². The van der Waals surface area contributed by atoms with E-state index in [1.165, 1.54) is 11.1 Å². The molecular weight excluding hydrogens is 258 g/mol. The van der Waals surface area contributed by atoms with Gasteiger partial charge in [0.1, 0.15) is 0 Å². The molecule has 0 spiro atoms. The first-order valence-electron chi connectivity index (χ1n) is 8.34. The van der Waals surface area contributed by atoms with Crippen molar-refractivity contribution in [3.05, 3.63) is 29.3 Å². The summed E-state index contributed by atoms with van der Waals surface area (Å²) in [6.45, 7) is 10.8. The van der Waals surface area contributed by atoms with Crippen molar-refractivity contribution in [1.82, 2.24) is 0 Å². The summed E-state index contributed by atoms with van der Waals surface area (Å²) in [5.41, 5.74) is 3.78. The summed E-state index contributed by atoms with van der Waals surface area (Å²) in [6.07, 6.45) is 5.94. The van der Waals surface area contributed by atoms with Crippen LogP contribution in [0.3, 0.4) is 0 Å². The molecule has 118 valence electrons. The van der Waals surface area contributed by atoms with Crippen molar-refractivity contribution in [2.45, 2.75) is 73.1 Å². The van der Waals surface area contributed by atoms with Gasteiger partial charge in [0.15, 0.2) is 0 Å². The molecule has 0 aromatic heterocycles. The van der Waals surface area contributed by atoms with Crippen LogP contribution in [0.2, 0.25) is 0 Å². The molecule has 0 bridgehead atoms. The molecule has 0 heterocycles. The number of hydrogen-bond donors (Lipinski definition) is 1. The Hall–Kier alpha value is -1.31. The van der Waals surface area contributed by atoms with E-state index in [1.807, 2.05) is 6.07 Å². The van der Waals surface area contributed by atoms with Crippen molar-refractivity contribution in [3.8, 4) is 0 Å². The largest absolute Gasteiger partial charge is 0.326 e. The van der Waals surface area contributed by atoms with Gasteiger partial charge >= 0.3 is 0 Å². The summed E-state index contributed by atoms with van der Waals surface area (Å²) >= 11 is 0. The Morgan fingerprint density at radius 3 is 2.33 bits per heavy atom. The number of carbonyl (C=O) groups excluding carboxylic acids is 1. The Bertz CT molecular complexity index is 463. The molecule has 0 atom stereocenters. The van der Waals surface area contributed by atoms with Gasteiger partial charge in [-0.05, 0) is 35.4 Å². The molecule has 1 N–H and O–H groups in total. The fraction of sp³-hybridized carbons (Fsp3) is 0.632. The normalized spacial score (nSPS) is 11.5. The maximum atomic E-state index is 12.3. The van der Waals surface area contributed by atoms with Crippen molar-refractivity contribution in [1.29, 1.82) is 0 Å². The fourth-order valence-electron chi connectivity index (χ4n) is 2.55. The highest BCUT2D eigenvalue weighted by atomic mass is 16.1. The van der Waals surface area contributed by atoms with Crippen LogP contribution >= 0.6 is 0 Å². The van der Waals surface area contributed by atoms with Gasteiger partial charge in [0.2, 0.25) is 5.91 Å². The third-order valence-corrected chi connectivity index (χ3v) is 4.16. The second-order valence-electron chi connectivity index (χ2n) is 6.69. The van der Waals surface area contributed by atoms with Crippen LogP contribution in [0.15, 0.2) is 18.2 Å². The van der Waals surface area contributed by atoms with Gasteiger partial charge in [-0.2, -0.15) is 0 Å². The van der Waals surface area contributed by atoms with Crippen LogP contribution in [-0.4, -0.2) is 5.91 Å². The molecule has 0 aliphatic heterocycles. The summed E-state index contributed by atoms with van der Waals surface area (Å²) in [6, 6.07) is 6.30. The zero-order valence-corrected chi connectivity index (χ0v) is 14.4. The third kappa shape index (κ3) is 5.53. The van der Waals surface area contributed by atoms with E-state index in [0.717, 1.165) is 37.8 Å².